The first kappa shape index (κ1) is 18.4. The van der Waals surface area contributed by atoms with Crippen LogP contribution in [0.3, 0.4) is 0 Å². The molecule has 1 aliphatic carbocycles. The standard InChI is InChI=1S/C22H26N2O2S/c1-13(2)11-24-15(4)14(3)23-22(24)27-12-18-10-21(25)26-20-9-17-7-5-6-16(17)8-19(18)20/h8-10,13H,5-7,11-12H2,1-4H3. The largest absolute Gasteiger partial charge is 0.423 e. The first-order chi connectivity index (χ1) is 12.9. The van der Waals surface area contributed by atoms with Crippen LogP contribution < -0.4 is 5.63 Å². The van der Waals surface area contributed by atoms with Gasteiger partial charge in [0, 0.05) is 29.4 Å². The van der Waals surface area contributed by atoms with Crippen molar-refractivity contribution in [2.75, 3.05) is 0 Å². The van der Waals surface area contributed by atoms with Crippen molar-refractivity contribution in [2.45, 2.75) is 64.4 Å². The Morgan fingerprint density at radius 3 is 2.67 bits per heavy atom. The fourth-order valence-corrected chi connectivity index (χ4v) is 4.96. The molecule has 0 unspecified atom stereocenters. The summed E-state index contributed by atoms with van der Waals surface area (Å²) in [6, 6.07) is 5.95. The summed E-state index contributed by atoms with van der Waals surface area (Å²) in [5, 5.41) is 2.10. The van der Waals surface area contributed by atoms with Gasteiger partial charge in [-0.25, -0.2) is 9.78 Å². The molecule has 0 fully saturated rings. The summed E-state index contributed by atoms with van der Waals surface area (Å²) in [5.74, 6) is 1.28. The fourth-order valence-electron chi connectivity index (χ4n) is 3.87. The highest BCUT2D eigenvalue weighted by molar-refractivity contribution is 7.98. The van der Waals surface area contributed by atoms with E-state index in [2.05, 4.69) is 44.4 Å². The second-order valence-electron chi connectivity index (χ2n) is 7.92. The van der Waals surface area contributed by atoms with Gasteiger partial charge in [0.25, 0.3) is 0 Å². The van der Waals surface area contributed by atoms with E-state index in [9.17, 15) is 4.79 Å². The minimum atomic E-state index is -0.270. The first-order valence-electron chi connectivity index (χ1n) is 9.67. The Hall–Kier alpha value is -2.01. The minimum Gasteiger partial charge on any atom is -0.423 e. The molecule has 0 bridgehead atoms. The van der Waals surface area contributed by atoms with Crippen LogP contribution in [0, 0.1) is 19.8 Å². The molecule has 0 radical (unpaired) electrons. The summed E-state index contributed by atoms with van der Waals surface area (Å²) < 4.78 is 7.80. The van der Waals surface area contributed by atoms with Crippen LogP contribution in [0.1, 0.15) is 48.3 Å². The monoisotopic (exact) mass is 382 g/mol. The number of hydrogen-bond donors (Lipinski definition) is 0. The van der Waals surface area contributed by atoms with Gasteiger partial charge in [-0.1, -0.05) is 25.6 Å². The molecule has 27 heavy (non-hydrogen) atoms. The van der Waals surface area contributed by atoms with Crippen molar-refractivity contribution in [3.63, 3.8) is 0 Å². The van der Waals surface area contributed by atoms with E-state index in [1.54, 1.807) is 17.8 Å². The third kappa shape index (κ3) is 3.57. The van der Waals surface area contributed by atoms with Crippen molar-refractivity contribution in [1.82, 2.24) is 9.55 Å². The van der Waals surface area contributed by atoms with Crippen molar-refractivity contribution in [2.24, 2.45) is 5.92 Å². The van der Waals surface area contributed by atoms with Crippen LogP contribution in [0.4, 0.5) is 0 Å². The molecule has 4 nitrogen and oxygen atoms in total. The van der Waals surface area contributed by atoms with Gasteiger partial charge in [-0.15, -0.1) is 0 Å². The molecule has 4 rings (SSSR count). The number of benzene rings is 1. The number of fused-ring (bicyclic) bond motifs is 2. The second-order valence-corrected chi connectivity index (χ2v) is 8.86. The number of imidazole rings is 1. The Bertz CT molecular complexity index is 1060. The molecule has 2 heterocycles. The van der Waals surface area contributed by atoms with Crippen molar-refractivity contribution < 1.29 is 4.42 Å². The van der Waals surface area contributed by atoms with E-state index in [0.717, 1.165) is 52.5 Å². The quantitative estimate of drug-likeness (QED) is 0.458. The van der Waals surface area contributed by atoms with Crippen LogP contribution in [-0.4, -0.2) is 9.55 Å². The normalized spacial score (nSPS) is 13.7. The van der Waals surface area contributed by atoms with Crippen LogP contribution in [-0.2, 0) is 25.1 Å². The van der Waals surface area contributed by atoms with Gasteiger partial charge in [-0.05, 0) is 67.9 Å². The number of hydrogen-bond acceptors (Lipinski definition) is 4. The van der Waals surface area contributed by atoms with Gasteiger partial charge in [-0.2, -0.15) is 0 Å². The molecule has 2 aromatic heterocycles. The summed E-state index contributed by atoms with van der Waals surface area (Å²) >= 11 is 1.71. The van der Waals surface area contributed by atoms with Crippen molar-refractivity contribution in [3.8, 4) is 0 Å². The van der Waals surface area contributed by atoms with E-state index >= 15 is 0 Å². The highest BCUT2D eigenvalue weighted by atomic mass is 32.2. The third-order valence-corrected chi connectivity index (χ3v) is 6.40. The predicted molar refractivity (Wildman–Crippen MR) is 111 cm³/mol. The molecule has 0 saturated heterocycles. The molecule has 5 heteroatoms. The van der Waals surface area contributed by atoms with Gasteiger partial charge in [0.05, 0.1) is 5.69 Å². The summed E-state index contributed by atoms with van der Waals surface area (Å²) in [4.78, 5) is 16.9. The highest BCUT2D eigenvalue weighted by Crippen LogP contribution is 2.32. The van der Waals surface area contributed by atoms with Gasteiger partial charge >= 0.3 is 5.63 Å². The molecule has 0 aliphatic heterocycles. The number of aromatic nitrogens is 2. The van der Waals surface area contributed by atoms with Crippen LogP contribution in [0.5, 0.6) is 0 Å². The Kier molecular flexibility index (Phi) is 4.89. The topological polar surface area (TPSA) is 48.0 Å². The molecule has 0 N–H and O–H groups in total. The fraction of sp³-hybridized carbons (Fsp3) is 0.455. The van der Waals surface area contributed by atoms with E-state index in [4.69, 9.17) is 9.40 Å². The lowest BCUT2D eigenvalue weighted by molar-refractivity contribution is 0.486. The Morgan fingerprint density at radius 1 is 1.19 bits per heavy atom. The zero-order valence-electron chi connectivity index (χ0n) is 16.5. The lowest BCUT2D eigenvalue weighted by Crippen LogP contribution is -2.08. The average molecular weight is 383 g/mol. The molecule has 0 atom stereocenters. The molecule has 142 valence electrons. The molecule has 3 aromatic rings. The van der Waals surface area contributed by atoms with Crippen LogP contribution >= 0.6 is 11.8 Å². The van der Waals surface area contributed by atoms with E-state index in [0.29, 0.717) is 5.92 Å². The molecule has 0 spiro atoms. The zero-order chi connectivity index (χ0) is 19.1. The second kappa shape index (κ2) is 7.19. The van der Waals surface area contributed by atoms with Crippen molar-refractivity contribution in [3.05, 3.63) is 56.7 Å². The van der Waals surface area contributed by atoms with Gasteiger partial charge < -0.3 is 8.98 Å². The molecule has 1 aliphatic rings. The maximum atomic E-state index is 12.1. The van der Waals surface area contributed by atoms with Gasteiger partial charge in [-0.3, -0.25) is 0 Å². The Labute approximate surface area is 164 Å². The lowest BCUT2D eigenvalue weighted by Gasteiger charge is -2.13. The smallest absolute Gasteiger partial charge is 0.336 e. The van der Waals surface area contributed by atoms with Crippen molar-refractivity contribution >= 4 is 22.7 Å². The van der Waals surface area contributed by atoms with E-state index in [-0.39, 0.29) is 5.63 Å². The van der Waals surface area contributed by atoms with E-state index in [1.807, 2.05) is 0 Å². The van der Waals surface area contributed by atoms with Gasteiger partial charge in [0.2, 0.25) is 0 Å². The Balaban J connectivity index is 1.69. The number of thioether (sulfide) groups is 1. The average Bonchev–Trinajstić information content (AvgIpc) is 3.16. The van der Waals surface area contributed by atoms with Crippen molar-refractivity contribution in [1.29, 1.82) is 0 Å². The highest BCUT2D eigenvalue weighted by Gasteiger charge is 2.17. The molecule has 1 aromatic carbocycles. The zero-order valence-corrected chi connectivity index (χ0v) is 17.3. The molecule has 0 saturated carbocycles. The SMILES string of the molecule is Cc1nc(SCc2cc(=O)oc3cc4c(cc23)CCC4)n(CC(C)C)c1C. The molecule has 0 amide bonds. The summed E-state index contributed by atoms with van der Waals surface area (Å²) in [6.45, 7) is 9.59. The van der Waals surface area contributed by atoms with Gasteiger partial charge in [0.1, 0.15) is 5.58 Å². The first-order valence-corrected chi connectivity index (χ1v) is 10.7. The van der Waals surface area contributed by atoms with Crippen LogP contribution in [0.25, 0.3) is 11.0 Å². The lowest BCUT2D eigenvalue weighted by atomic mass is 10.0. The van der Waals surface area contributed by atoms with Gasteiger partial charge in [0.15, 0.2) is 5.16 Å². The number of rotatable bonds is 5. The predicted octanol–water partition coefficient (Wildman–Crippen LogP) is 5.04. The summed E-state index contributed by atoms with van der Waals surface area (Å²) in [6.07, 6.45) is 3.39. The molecular formula is C22H26N2O2S. The van der Waals surface area contributed by atoms with Crippen LogP contribution in [0.2, 0.25) is 0 Å². The number of nitrogens with zero attached hydrogens (tertiary/aromatic N) is 2. The maximum absolute atomic E-state index is 12.1. The summed E-state index contributed by atoms with van der Waals surface area (Å²) in [7, 11) is 0. The van der Waals surface area contributed by atoms with E-state index in [1.165, 1.54) is 23.2 Å². The molecular weight excluding hydrogens is 356 g/mol. The Morgan fingerprint density at radius 2 is 1.93 bits per heavy atom. The minimum absolute atomic E-state index is 0.270. The third-order valence-electron chi connectivity index (χ3n) is 5.37. The number of aryl methyl sites for hydroxylation is 3. The summed E-state index contributed by atoms with van der Waals surface area (Å²) in [5.41, 5.74) is 6.51. The van der Waals surface area contributed by atoms with Crippen LogP contribution in [0.15, 0.2) is 32.6 Å². The van der Waals surface area contributed by atoms with E-state index < -0.39 is 0 Å². The maximum Gasteiger partial charge on any atom is 0.336 e.